The maximum absolute atomic E-state index is 5.67. The summed E-state index contributed by atoms with van der Waals surface area (Å²) in [5.74, 6) is 0.940. The van der Waals surface area contributed by atoms with E-state index in [4.69, 9.17) is 4.74 Å². The van der Waals surface area contributed by atoms with E-state index in [1.165, 1.54) is 5.56 Å². The summed E-state index contributed by atoms with van der Waals surface area (Å²) in [6.07, 6.45) is 0.224. The van der Waals surface area contributed by atoms with E-state index < -0.39 is 0 Å². The van der Waals surface area contributed by atoms with Gasteiger partial charge in [0, 0.05) is 32.2 Å². The van der Waals surface area contributed by atoms with Crippen molar-refractivity contribution < 1.29 is 4.74 Å². The summed E-state index contributed by atoms with van der Waals surface area (Å²) in [5, 5.41) is 2.32. The van der Waals surface area contributed by atoms with E-state index in [9.17, 15) is 0 Å². The van der Waals surface area contributed by atoms with Crippen molar-refractivity contribution >= 4 is 0 Å². The smallest absolute Gasteiger partial charge is 0.119 e. The molecule has 1 fully saturated rings. The average molecular weight is 277 g/mol. The highest BCUT2D eigenvalue weighted by molar-refractivity contribution is 5.29. The van der Waals surface area contributed by atoms with Crippen LogP contribution in [0.25, 0.3) is 0 Å². The number of likely N-dealkylation sites (N-methyl/N-ethyl adjacent to an activating group) is 1. The standard InChI is InChI=1S/C16H27N3O/c1-13(2)20-16-7-5-15(6-8-16)14(3)17-19-11-9-18(4)10-12-19/h5-8,13-14,17H,9-12H2,1-4H3. The predicted octanol–water partition coefficient (Wildman–Crippen LogP) is 2.29. The molecule has 0 spiro atoms. The van der Waals surface area contributed by atoms with Gasteiger partial charge in [0.2, 0.25) is 0 Å². The van der Waals surface area contributed by atoms with Gasteiger partial charge in [0.05, 0.1) is 6.10 Å². The van der Waals surface area contributed by atoms with E-state index in [1.807, 2.05) is 13.8 Å². The fourth-order valence-corrected chi connectivity index (χ4v) is 2.39. The Hall–Kier alpha value is -1.10. The lowest BCUT2D eigenvalue weighted by Gasteiger charge is -2.34. The Morgan fingerprint density at radius 3 is 2.15 bits per heavy atom. The summed E-state index contributed by atoms with van der Waals surface area (Å²) in [6, 6.07) is 8.72. The third-order valence-corrected chi connectivity index (χ3v) is 3.63. The van der Waals surface area contributed by atoms with Gasteiger partial charge in [0.25, 0.3) is 0 Å². The monoisotopic (exact) mass is 277 g/mol. The molecule has 1 atom stereocenters. The zero-order valence-corrected chi connectivity index (χ0v) is 13.1. The van der Waals surface area contributed by atoms with Crippen molar-refractivity contribution in [3.05, 3.63) is 29.8 Å². The number of nitrogens with one attached hydrogen (secondary N) is 1. The SMILES string of the molecule is CC(C)Oc1ccc(C(C)NN2CCN(C)CC2)cc1. The Morgan fingerprint density at radius 1 is 1.00 bits per heavy atom. The zero-order valence-electron chi connectivity index (χ0n) is 13.1. The van der Waals surface area contributed by atoms with Gasteiger partial charge in [0.1, 0.15) is 5.75 Å². The average Bonchev–Trinajstić information content (AvgIpc) is 2.41. The first-order chi connectivity index (χ1) is 9.54. The lowest BCUT2D eigenvalue weighted by Crippen LogP contribution is -2.51. The number of benzene rings is 1. The second-order valence-corrected chi connectivity index (χ2v) is 5.88. The van der Waals surface area contributed by atoms with Crippen molar-refractivity contribution in [1.82, 2.24) is 15.3 Å². The highest BCUT2D eigenvalue weighted by Gasteiger charge is 2.16. The Morgan fingerprint density at radius 2 is 1.60 bits per heavy atom. The molecule has 0 aliphatic carbocycles. The highest BCUT2D eigenvalue weighted by atomic mass is 16.5. The fraction of sp³-hybridized carbons (Fsp3) is 0.625. The quantitative estimate of drug-likeness (QED) is 0.893. The summed E-state index contributed by atoms with van der Waals surface area (Å²) < 4.78 is 5.67. The van der Waals surface area contributed by atoms with E-state index in [0.29, 0.717) is 6.04 Å². The van der Waals surface area contributed by atoms with Crippen molar-refractivity contribution in [3.63, 3.8) is 0 Å². The van der Waals surface area contributed by atoms with E-state index in [0.717, 1.165) is 31.9 Å². The number of nitrogens with zero attached hydrogens (tertiary/aromatic N) is 2. The Bertz CT molecular complexity index is 397. The maximum Gasteiger partial charge on any atom is 0.119 e. The Kier molecular flexibility index (Phi) is 5.40. The largest absolute Gasteiger partial charge is 0.491 e. The molecule has 0 bridgehead atoms. The summed E-state index contributed by atoms with van der Waals surface area (Å²) in [6.45, 7) is 10.7. The summed E-state index contributed by atoms with van der Waals surface area (Å²) in [7, 11) is 2.17. The Balaban J connectivity index is 1.87. The van der Waals surface area contributed by atoms with Gasteiger partial charge in [-0.2, -0.15) is 0 Å². The topological polar surface area (TPSA) is 27.7 Å². The molecule has 4 nitrogen and oxygen atoms in total. The molecule has 1 aliphatic rings. The van der Waals surface area contributed by atoms with Gasteiger partial charge in [-0.3, -0.25) is 0 Å². The molecule has 1 unspecified atom stereocenters. The number of hydrazine groups is 1. The molecule has 20 heavy (non-hydrogen) atoms. The first kappa shape index (κ1) is 15.3. The molecule has 1 aliphatic heterocycles. The van der Waals surface area contributed by atoms with Crippen LogP contribution in [0.4, 0.5) is 0 Å². The summed E-state index contributed by atoms with van der Waals surface area (Å²) in [5.41, 5.74) is 4.87. The number of hydrogen-bond donors (Lipinski definition) is 1. The van der Waals surface area contributed by atoms with Crippen LogP contribution in [-0.4, -0.2) is 49.2 Å². The molecule has 0 aromatic heterocycles. The van der Waals surface area contributed by atoms with Crippen molar-refractivity contribution in [2.45, 2.75) is 32.9 Å². The van der Waals surface area contributed by atoms with E-state index in [2.05, 4.69) is 53.6 Å². The second-order valence-electron chi connectivity index (χ2n) is 5.88. The van der Waals surface area contributed by atoms with Crippen LogP contribution < -0.4 is 10.2 Å². The first-order valence-corrected chi connectivity index (χ1v) is 7.51. The molecule has 1 aromatic carbocycles. The predicted molar refractivity (Wildman–Crippen MR) is 82.8 cm³/mol. The Labute approximate surface area is 122 Å². The number of rotatable bonds is 5. The van der Waals surface area contributed by atoms with Crippen LogP contribution in [-0.2, 0) is 0 Å². The number of ether oxygens (including phenoxy) is 1. The zero-order chi connectivity index (χ0) is 14.5. The van der Waals surface area contributed by atoms with Crippen LogP contribution >= 0.6 is 0 Å². The molecule has 1 saturated heterocycles. The van der Waals surface area contributed by atoms with Gasteiger partial charge in [-0.05, 0) is 45.5 Å². The van der Waals surface area contributed by atoms with Crippen molar-refractivity contribution in [2.24, 2.45) is 0 Å². The van der Waals surface area contributed by atoms with Gasteiger partial charge in [-0.1, -0.05) is 12.1 Å². The van der Waals surface area contributed by atoms with Crippen LogP contribution in [0.15, 0.2) is 24.3 Å². The van der Waals surface area contributed by atoms with E-state index in [-0.39, 0.29) is 6.10 Å². The third-order valence-electron chi connectivity index (χ3n) is 3.63. The van der Waals surface area contributed by atoms with Gasteiger partial charge < -0.3 is 9.64 Å². The lowest BCUT2D eigenvalue weighted by molar-refractivity contribution is 0.0899. The molecule has 0 amide bonds. The molecule has 1 aromatic rings. The van der Waals surface area contributed by atoms with Crippen LogP contribution in [0.1, 0.15) is 32.4 Å². The molecule has 2 rings (SSSR count). The number of hydrogen-bond acceptors (Lipinski definition) is 4. The lowest BCUT2D eigenvalue weighted by atomic mass is 10.1. The number of piperazine rings is 1. The van der Waals surface area contributed by atoms with Gasteiger partial charge in [0.15, 0.2) is 0 Å². The molecular formula is C16H27N3O. The molecule has 112 valence electrons. The van der Waals surface area contributed by atoms with Crippen LogP contribution in [0.3, 0.4) is 0 Å². The maximum atomic E-state index is 5.67. The summed E-state index contributed by atoms with van der Waals surface area (Å²) in [4.78, 5) is 2.36. The fourth-order valence-electron chi connectivity index (χ4n) is 2.39. The van der Waals surface area contributed by atoms with Gasteiger partial charge >= 0.3 is 0 Å². The minimum Gasteiger partial charge on any atom is -0.491 e. The minimum absolute atomic E-state index is 0.224. The van der Waals surface area contributed by atoms with Crippen molar-refractivity contribution in [3.8, 4) is 5.75 Å². The molecule has 1 N–H and O–H groups in total. The van der Waals surface area contributed by atoms with Crippen LogP contribution in [0, 0.1) is 0 Å². The normalized spacial score (nSPS) is 19.2. The van der Waals surface area contributed by atoms with Crippen molar-refractivity contribution in [2.75, 3.05) is 33.2 Å². The van der Waals surface area contributed by atoms with Gasteiger partial charge in [-0.25, -0.2) is 10.4 Å². The van der Waals surface area contributed by atoms with Crippen LogP contribution in [0.5, 0.6) is 5.75 Å². The summed E-state index contributed by atoms with van der Waals surface area (Å²) >= 11 is 0. The molecule has 1 heterocycles. The minimum atomic E-state index is 0.224. The highest BCUT2D eigenvalue weighted by Crippen LogP contribution is 2.19. The molecule has 4 heteroatoms. The third kappa shape index (κ3) is 4.47. The van der Waals surface area contributed by atoms with Crippen LogP contribution in [0.2, 0.25) is 0 Å². The van der Waals surface area contributed by atoms with Crippen molar-refractivity contribution in [1.29, 1.82) is 0 Å². The van der Waals surface area contributed by atoms with E-state index >= 15 is 0 Å². The first-order valence-electron chi connectivity index (χ1n) is 7.51. The second kappa shape index (κ2) is 7.07. The molecule has 0 saturated carbocycles. The van der Waals surface area contributed by atoms with E-state index in [1.54, 1.807) is 0 Å². The van der Waals surface area contributed by atoms with Gasteiger partial charge in [-0.15, -0.1) is 0 Å². The molecular weight excluding hydrogens is 250 g/mol. The molecule has 0 radical (unpaired) electrons.